The van der Waals surface area contributed by atoms with Crippen molar-refractivity contribution < 1.29 is 22.4 Å². The van der Waals surface area contributed by atoms with Crippen molar-refractivity contribution in [2.45, 2.75) is 57.1 Å². The first kappa shape index (κ1) is 31.4. The number of amides is 2. The maximum Gasteiger partial charge on any atom is 0.264 e. The molecule has 0 aliphatic carbocycles. The molecule has 214 valence electrons. The lowest BCUT2D eigenvalue weighted by Crippen LogP contribution is -2.53. The Morgan fingerprint density at radius 1 is 0.950 bits per heavy atom. The van der Waals surface area contributed by atoms with Gasteiger partial charge in [-0.25, -0.2) is 12.8 Å². The Bertz CT molecular complexity index is 1420. The van der Waals surface area contributed by atoms with Gasteiger partial charge in [0.2, 0.25) is 11.8 Å². The Labute approximate surface area is 244 Å². The van der Waals surface area contributed by atoms with Gasteiger partial charge in [0.05, 0.1) is 15.6 Å². The molecular weight excluding hydrogens is 576 g/mol. The van der Waals surface area contributed by atoms with Crippen LogP contribution in [0.5, 0.6) is 0 Å². The highest BCUT2D eigenvalue weighted by Gasteiger charge is 2.34. The van der Waals surface area contributed by atoms with Gasteiger partial charge >= 0.3 is 0 Å². The summed E-state index contributed by atoms with van der Waals surface area (Å²) in [6.07, 6.45) is 0.947. The van der Waals surface area contributed by atoms with Crippen LogP contribution in [0.1, 0.15) is 39.2 Å². The molecule has 1 N–H and O–H groups in total. The van der Waals surface area contributed by atoms with E-state index in [0.717, 1.165) is 4.31 Å². The Hall–Kier alpha value is -3.14. The Kier molecular flexibility index (Phi) is 11.0. The van der Waals surface area contributed by atoms with Crippen molar-refractivity contribution in [1.82, 2.24) is 10.2 Å². The number of hydrogen-bond acceptors (Lipinski definition) is 4. The van der Waals surface area contributed by atoms with Crippen LogP contribution in [0.3, 0.4) is 0 Å². The number of nitrogens with zero attached hydrogens (tertiary/aromatic N) is 2. The van der Waals surface area contributed by atoms with Crippen LogP contribution in [-0.4, -0.2) is 43.8 Å². The van der Waals surface area contributed by atoms with Crippen LogP contribution in [0.4, 0.5) is 10.1 Å². The Morgan fingerprint density at radius 2 is 1.60 bits per heavy atom. The monoisotopic (exact) mass is 607 g/mol. The molecule has 0 radical (unpaired) electrons. The standard InChI is InChI=1S/C29H32Cl2FN3O4S/c1-4-20(3)33-29(37)26(5-2)34(18-21-11-14-23(32)15-12-21)28(36)19-35(27-17-22(30)13-16-25(27)31)40(38,39)24-9-7-6-8-10-24/h6-17,20,26H,4-5,18-19H2,1-3H3,(H,33,37)/t20-,26+/m1/s1. The van der Waals surface area contributed by atoms with Crippen molar-refractivity contribution >= 4 is 50.7 Å². The highest BCUT2D eigenvalue weighted by molar-refractivity contribution is 7.92. The van der Waals surface area contributed by atoms with Crippen LogP contribution in [0.25, 0.3) is 0 Å². The summed E-state index contributed by atoms with van der Waals surface area (Å²) in [5, 5.41) is 3.20. The van der Waals surface area contributed by atoms with Gasteiger partial charge in [0, 0.05) is 17.6 Å². The van der Waals surface area contributed by atoms with Crippen molar-refractivity contribution in [2.24, 2.45) is 0 Å². The first-order valence-electron chi connectivity index (χ1n) is 12.8. The zero-order valence-electron chi connectivity index (χ0n) is 22.5. The average Bonchev–Trinajstić information content (AvgIpc) is 2.94. The van der Waals surface area contributed by atoms with Crippen LogP contribution in [0.2, 0.25) is 10.0 Å². The van der Waals surface area contributed by atoms with Gasteiger partial charge < -0.3 is 10.2 Å². The predicted octanol–water partition coefficient (Wildman–Crippen LogP) is 6.05. The second kappa shape index (κ2) is 14.0. The fourth-order valence-electron chi connectivity index (χ4n) is 4.06. The number of carbonyl (C=O) groups excluding carboxylic acids is 2. The highest BCUT2D eigenvalue weighted by atomic mass is 35.5. The van der Waals surface area contributed by atoms with Crippen LogP contribution in [0, 0.1) is 5.82 Å². The third kappa shape index (κ3) is 7.74. The third-order valence-electron chi connectivity index (χ3n) is 6.44. The number of hydrogen-bond donors (Lipinski definition) is 1. The lowest BCUT2D eigenvalue weighted by atomic mass is 10.1. The van der Waals surface area contributed by atoms with Gasteiger partial charge in [-0.15, -0.1) is 0 Å². The number of carbonyl (C=O) groups is 2. The number of halogens is 3. The Morgan fingerprint density at radius 3 is 2.20 bits per heavy atom. The second-order valence-electron chi connectivity index (χ2n) is 9.31. The lowest BCUT2D eigenvalue weighted by molar-refractivity contribution is -0.140. The van der Waals surface area contributed by atoms with Crippen molar-refractivity contribution in [3.8, 4) is 0 Å². The van der Waals surface area contributed by atoms with Gasteiger partial charge in [0.1, 0.15) is 18.4 Å². The molecule has 0 aromatic heterocycles. The number of rotatable bonds is 12. The summed E-state index contributed by atoms with van der Waals surface area (Å²) in [4.78, 5) is 28.6. The van der Waals surface area contributed by atoms with Crippen molar-refractivity contribution in [3.63, 3.8) is 0 Å². The quantitative estimate of drug-likeness (QED) is 0.271. The highest BCUT2D eigenvalue weighted by Crippen LogP contribution is 2.33. The summed E-state index contributed by atoms with van der Waals surface area (Å²) < 4.78 is 42.2. The molecule has 7 nitrogen and oxygen atoms in total. The number of nitrogens with one attached hydrogen (secondary N) is 1. The molecule has 0 fully saturated rings. The minimum absolute atomic E-state index is 0.0187. The van der Waals surface area contributed by atoms with E-state index in [0.29, 0.717) is 12.0 Å². The van der Waals surface area contributed by atoms with Gasteiger partial charge in [-0.2, -0.15) is 0 Å². The molecule has 0 heterocycles. The normalized spacial score (nSPS) is 12.8. The first-order valence-corrected chi connectivity index (χ1v) is 15.0. The van der Waals surface area contributed by atoms with Crippen molar-refractivity contribution in [2.75, 3.05) is 10.8 Å². The van der Waals surface area contributed by atoms with E-state index in [1.807, 2.05) is 13.8 Å². The lowest BCUT2D eigenvalue weighted by Gasteiger charge is -2.34. The summed E-state index contributed by atoms with van der Waals surface area (Å²) in [5.41, 5.74) is 0.591. The summed E-state index contributed by atoms with van der Waals surface area (Å²) in [5.74, 6) is -1.46. The minimum Gasteiger partial charge on any atom is -0.352 e. The summed E-state index contributed by atoms with van der Waals surface area (Å²) in [6.45, 7) is 4.83. The number of benzene rings is 3. The number of anilines is 1. The molecule has 11 heteroatoms. The second-order valence-corrected chi connectivity index (χ2v) is 12.0. The third-order valence-corrected chi connectivity index (χ3v) is 8.77. The molecule has 0 saturated carbocycles. The molecule has 0 aliphatic heterocycles. The van der Waals surface area contributed by atoms with E-state index in [9.17, 15) is 22.4 Å². The van der Waals surface area contributed by atoms with E-state index in [2.05, 4.69) is 5.32 Å². The molecule has 40 heavy (non-hydrogen) atoms. The molecule has 0 saturated heterocycles. The van der Waals surface area contributed by atoms with Crippen LogP contribution >= 0.6 is 23.2 Å². The molecule has 0 spiro atoms. The summed E-state index contributed by atoms with van der Waals surface area (Å²) in [6, 6.07) is 16.5. The smallest absolute Gasteiger partial charge is 0.264 e. The van der Waals surface area contributed by atoms with Crippen molar-refractivity contribution in [1.29, 1.82) is 0 Å². The van der Waals surface area contributed by atoms with E-state index in [1.165, 1.54) is 59.5 Å². The van der Waals surface area contributed by atoms with E-state index < -0.39 is 34.3 Å². The van der Waals surface area contributed by atoms with E-state index in [4.69, 9.17) is 23.2 Å². The maximum absolute atomic E-state index is 14.0. The summed E-state index contributed by atoms with van der Waals surface area (Å²) >= 11 is 12.6. The zero-order valence-corrected chi connectivity index (χ0v) is 24.8. The van der Waals surface area contributed by atoms with Gasteiger partial charge in [-0.3, -0.25) is 13.9 Å². The minimum atomic E-state index is -4.28. The molecule has 3 aromatic carbocycles. The van der Waals surface area contributed by atoms with Crippen LogP contribution in [0.15, 0.2) is 77.7 Å². The molecule has 3 rings (SSSR count). The van der Waals surface area contributed by atoms with Gasteiger partial charge in [-0.05, 0) is 67.8 Å². The van der Waals surface area contributed by atoms with Crippen LogP contribution in [-0.2, 0) is 26.2 Å². The van der Waals surface area contributed by atoms with E-state index in [-0.39, 0.29) is 45.5 Å². The van der Waals surface area contributed by atoms with Gasteiger partial charge in [0.15, 0.2) is 0 Å². The summed E-state index contributed by atoms with van der Waals surface area (Å²) in [7, 11) is -4.28. The molecular formula is C29H32Cl2FN3O4S. The largest absolute Gasteiger partial charge is 0.352 e. The average molecular weight is 609 g/mol. The SMILES string of the molecule is CC[C@@H](C)NC(=O)[C@H](CC)N(Cc1ccc(F)cc1)C(=O)CN(c1cc(Cl)ccc1Cl)S(=O)(=O)c1ccccc1. The Balaban J connectivity index is 2.08. The van der Waals surface area contributed by atoms with Crippen LogP contribution < -0.4 is 9.62 Å². The fraction of sp³-hybridized carbons (Fsp3) is 0.310. The fourth-order valence-corrected chi connectivity index (χ4v) is 5.94. The zero-order chi connectivity index (χ0) is 29.4. The van der Waals surface area contributed by atoms with E-state index >= 15 is 0 Å². The first-order chi connectivity index (χ1) is 19.0. The number of sulfonamides is 1. The molecule has 3 aromatic rings. The topological polar surface area (TPSA) is 86.8 Å². The molecule has 0 aliphatic rings. The predicted molar refractivity (Wildman–Crippen MR) is 156 cm³/mol. The molecule has 2 atom stereocenters. The van der Waals surface area contributed by atoms with Crippen molar-refractivity contribution in [3.05, 3.63) is 94.2 Å². The molecule has 2 amide bonds. The van der Waals surface area contributed by atoms with Gasteiger partial charge in [-0.1, -0.05) is 67.4 Å². The van der Waals surface area contributed by atoms with Gasteiger partial charge in [0.25, 0.3) is 10.0 Å². The maximum atomic E-state index is 14.0. The molecule has 0 bridgehead atoms. The van der Waals surface area contributed by atoms with E-state index in [1.54, 1.807) is 25.1 Å². The molecule has 0 unspecified atom stereocenters.